The van der Waals surface area contributed by atoms with Gasteiger partial charge in [0, 0.05) is 18.8 Å². The number of thioether (sulfide) groups is 1. The quantitative estimate of drug-likeness (QED) is 0.811. The summed E-state index contributed by atoms with van der Waals surface area (Å²) < 4.78 is 13.1. The minimum atomic E-state index is -0.248. The molecule has 0 N–H and O–H groups in total. The zero-order valence-electron chi connectivity index (χ0n) is 14.6. The molecule has 1 fully saturated rings. The van der Waals surface area contributed by atoms with Gasteiger partial charge in [0.15, 0.2) is 0 Å². The number of halogens is 1. The molecule has 0 aliphatic carbocycles. The van der Waals surface area contributed by atoms with Crippen LogP contribution in [-0.4, -0.2) is 41.6 Å². The summed E-state index contributed by atoms with van der Waals surface area (Å²) in [6.07, 6.45) is 0. The van der Waals surface area contributed by atoms with Gasteiger partial charge in [0.2, 0.25) is 5.91 Å². The van der Waals surface area contributed by atoms with Crippen LogP contribution in [0.2, 0.25) is 0 Å². The molecule has 3 rings (SSSR count). The van der Waals surface area contributed by atoms with E-state index in [4.69, 9.17) is 0 Å². The predicted molar refractivity (Wildman–Crippen MR) is 101 cm³/mol. The minimum Gasteiger partial charge on any atom is -0.325 e. The fourth-order valence-electron chi connectivity index (χ4n) is 3.13. The van der Waals surface area contributed by atoms with Gasteiger partial charge in [0.1, 0.15) is 11.2 Å². The first-order valence-corrected chi connectivity index (χ1v) is 9.48. The average Bonchev–Trinajstić information content (AvgIpc) is 3.05. The molecule has 1 saturated heterocycles. The number of hydrogen-bond donors (Lipinski definition) is 0. The first kappa shape index (κ1) is 18.0. The number of rotatable bonds is 5. The van der Waals surface area contributed by atoms with Crippen LogP contribution in [0.25, 0.3) is 0 Å². The molecule has 0 spiro atoms. The molecular weight excluding hydrogens is 335 g/mol. The molecule has 2 aromatic rings. The monoisotopic (exact) mass is 358 g/mol. The molecule has 0 radical (unpaired) electrons. The topological polar surface area (TPSA) is 23.6 Å². The van der Waals surface area contributed by atoms with Gasteiger partial charge in [-0.25, -0.2) is 4.39 Å². The fraction of sp³-hybridized carbons (Fsp3) is 0.350. The lowest BCUT2D eigenvalue weighted by atomic mass is 10.1. The molecule has 5 heteroatoms. The van der Waals surface area contributed by atoms with Gasteiger partial charge in [-0.2, -0.15) is 0 Å². The Kier molecular flexibility index (Phi) is 5.76. The van der Waals surface area contributed by atoms with Crippen molar-refractivity contribution in [3.63, 3.8) is 0 Å². The second kappa shape index (κ2) is 8.02. The maximum absolute atomic E-state index is 13.1. The Morgan fingerprint density at radius 3 is 2.76 bits per heavy atom. The number of amides is 1. The second-order valence-corrected chi connectivity index (χ2v) is 7.71. The van der Waals surface area contributed by atoms with Crippen LogP contribution < -0.4 is 0 Å². The van der Waals surface area contributed by atoms with Gasteiger partial charge in [-0.05, 0) is 37.2 Å². The molecule has 2 aromatic carbocycles. The number of carbonyl (C=O) groups is 1. The predicted octanol–water partition coefficient (Wildman–Crippen LogP) is 3.84. The lowest BCUT2D eigenvalue weighted by Gasteiger charge is -2.26. The summed E-state index contributed by atoms with van der Waals surface area (Å²) in [5.74, 6) is 0.784. The summed E-state index contributed by atoms with van der Waals surface area (Å²) in [6.45, 7) is 3.94. The van der Waals surface area contributed by atoms with Crippen molar-refractivity contribution in [1.82, 2.24) is 9.80 Å². The van der Waals surface area contributed by atoms with Crippen LogP contribution in [0.1, 0.15) is 22.1 Å². The third-order valence-electron chi connectivity index (χ3n) is 4.31. The molecule has 132 valence electrons. The lowest BCUT2D eigenvalue weighted by Crippen LogP contribution is -2.38. The van der Waals surface area contributed by atoms with Crippen molar-refractivity contribution in [2.75, 3.05) is 25.9 Å². The van der Waals surface area contributed by atoms with E-state index in [1.54, 1.807) is 23.9 Å². The first-order chi connectivity index (χ1) is 12.0. The van der Waals surface area contributed by atoms with E-state index in [1.807, 2.05) is 22.9 Å². The SMILES string of the molecule is Cc1cccc(CN(C)CC(=O)N2CCS[C@H]2c2ccc(F)cc2)c1. The highest BCUT2D eigenvalue weighted by Crippen LogP contribution is 2.37. The number of hydrogen-bond acceptors (Lipinski definition) is 3. The van der Waals surface area contributed by atoms with E-state index in [-0.39, 0.29) is 17.1 Å². The zero-order valence-corrected chi connectivity index (χ0v) is 15.4. The molecule has 1 aliphatic heterocycles. The zero-order chi connectivity index (χ0) is 17.8. The van der Waals surface area contributed by atoms with Gasteiger partial charge in [-0.3, -0.25) is 9.69 Å². The summed E-state index contributed by atoms with van der Waals surface area (Å²) in [6, 6.07) is 14.8. The number of carbonyl (C=O) groups excluding carboxylic acids is 1. The molecule has 1 amide bonds. The molecule has 25 heavy (non-hydrogen) atoms. The van der Waals surface area contributed by atoms with Crippen molar-refractivity contribution < 1.29 is 9.18 Å². The Morgan fingerprint density at radius 2 is 2.04 bits per heavy atom. The number of aryl methyl sites for hydroxylation is 1. The number of likely N-dealkylation sites (N-methyl/N-ethyl adjacent to an activating group) is 1. The molecule has 3 nitrogen and oxygen atoms in total. The third kappa shape index (κ3) is 4.61. The van der Waals surface area contributed by atoms with Crippen LogP contribution in [0.15, 0.2) is 48.5 Å². The van der Waals surface area contributed by atoms with Gasteiger partial charge >= 0.3 is 0 Å². The molecule has 0 bridgehead atoms. The Balaban J connectivity index is 1.62. The van der Waals surface area contributed by atoms with Crippen molar-refractivity contribution >= 4 is 17.7 Å². The highest BCUT2D eigenvalue weighted by atomic mass is 32.2. The Hall–Kier alpha value is -1.85. The summed E-state index contributed by atoms with van der Waals surface area (Å²) in [7, 11) is 1.97. The van der Waals surface area contributed by atoms with Crippen LogP contribution in [0.3, 0.4) is 0 Å². The molecule has 1 heterocycles. The van der Waals surface area contributed by atoms with E-state index in [2.05, 4.69) is 25.1 Å². The molecule has 0 aromatic heterocycles. The van der Waals surface area contributed by atoms with Crippen LogP contribution in [-0.2, 0) is 11.3 Å². The van der Waals surface area contributed by atoms with Crippen LogP contribution in [0.5, 0.6) is 0 Å². The van der Waals surface area contributed by atoms with E-state index < -0.39 is 0 Å². The Bertz CT molecular complexity index is 735. The van der Waals surface area contributed by atoms with E-state index in [0.717, 1.165) is 24.4 Å². The molecular formula is C20H23FN2OS. The van der Waals surface area contributed by atoms with Crippen molar-refractivity contribution in [3.8, 4) is 0 Å². The highest BCUT2D eigenvalue weighted by Gasteiger charge is 2.30. The average molecular weight is 358 g/mol. The minimum absolute atomic E-state index is 0.0135. The number of benzene rings is 2. The van der Waals surface area contributed by atoms with Gasteiger partial charge in [-0.1, -0.05) is 42.0 Å². The smallest absolute Gasteiger partial charge is 0.237 e. The molecule has 1 aliphatic rings. The van der Waals surface area contributed by atoms with Crippen molar-refractivity contribution in [1.29, 1.82) is 0 Å². The van der Waals surface area contributed by atoms with E-state index in [9.17, 15) is 9.18 Å². The van der Waals surface area contributed by atoms with E-state index in [0.29, 0.717) is 6.54 Å². The van der Waals surface area contributed by atoms with Crippen LogP contribution in [0.4, 0.5) is 4.39 Å². The van der Waals surface area contributed by atoms with Crippen molar-refractivity contribution in [2.45, 2.75) is 18.8 Å². The second-order valence-electron chi connectivity index (χ2n) is 6.52. The fourth-order valence-corrected chi connectivity index (χ4v) is 4.41. The Morgan fingerprint density at radius 1 is 1.28 bits per heavy atom. The van der Waals surface area contributed by atoms with E-state index in [1.165, 1.54) is 23.3 Å². The summed E-state index contributed by atoms with van der Waals surface area (Å²) in [4.78, 5) is 16.7. The standard InChI is InChI=1S/C20H23FN2OS/c1-15-4-3-5-16(12-15)13-22(2)14-19(24)23-10-11-25-20(23)17-6-8-18(21)9-7-17/h3-9,12,20H,10-11,13-14H2,1-2H3/t20-/m0/s1. The summed E-state index contributed by atoms with van der Waals surface area (Å²) >= 11 is 1.73. The van der Waals surface area contributed by atoms with Crippen molar-refractivity contribution in [3.05, 3.63) is 71.0 Å². The van der Waals surface area contributed by atoms with Crippen molar-refractivity contribution in [2.24, 2.45) is 0 Å². The normalized spacial score (nSPS) is 17.3. The summed E-state index contributed by atoms with van der Waals surface area (Å²) in [5, 5.41) is -0.0135. The molecule has 0 saturated carbocycles. The summed E-state index contributed by atoms with van der Waals surface area (Å²) in [5.41, 5.74) is 3.42. The van der Waals surface area contributed by atoms with Gasteiger partial charge in [0.05, 0.1) is 6.54 Å². The van der Waals surface area contributed by atoms with Gasteiger partial charge < -0.3 is 4.90 Å². The molecule has 0 unspecified atom stereocenters. The maximum Gasteiger partial charge on any atom is 0.237 e. The van der Waals surface area contributed by atoms with Crippen LogP contribution >= 0.6 is 11.8 Å². The van der Waals surface area contributed by atoms with Gasteiger partial charge in [-0.15, -0.1) is 11.8 Å². The number of nitrogens with zero attached hydrogens (tertiary/aromatic N) is 2. The first-order valence-electron chi connectivity index (χ1n) is 8.43. The largest absolute Gasteiger partial charge is 0.325 e. The lowest BCUT2D eigenvalue weighted by molar-refractivity contribution is -0.132. The van der Waals surface area contributed by atoms with Gasteiger partial charge in [0.25, 0.3) is 0 Å². The third-order valence-corrected chi connectivity index (χ3v) is 5.57. The maximum atomic E-state index is 13.1. The highest BCUT2D eigenvalue weighted by molar-refractivity contribution is 7.99. The van der Waals surface area contributed by atoms with Crippen LogP contribution in [0, 0.1) is 12.7 Å². The Labute approximate surface area is 152 Å². The molecule has 1 atom stereocenters. The van der Waals surface area contributed by atoms with E-state index >= 15 is 0 Å².